The summed E-state index contributed by atoms with van der Waals surface area (Å²) in [5.74, 6) is 0.690. The molecule has 2 aromatic heterocycles. The maximum absolute atomic E-state index is 9.68. The largest absolute Gasteiger partial charge is 0.311 e. The summed E-state index contributed by atoms with van der Waals surface area (Å²) in [5.41, 5.74) is 17.1. The summed E-state index contributed by atoms with van der Waals surface area (Å²) in [6.45, 7) is 7.61. The highest BCUT2D eigenvalue weighted by Crippen LogP contribution is 2.43. The van der Waals surface area contributed by atoms with Crippen molar-refractivity contribution in [2.45, 2.75) is 0 Å². The Hall–Kier alpha value is -10.3. The first kappa shape index (κ1) is 43.9. The van der Waals surface area contributed by atoms with Crippen molar-refractivity contribution in [2.75, 3.05) is 9.80 Å². The standard InChI is InChI=1S/C66H43N7/c1-68-52-30-36-56(37-31-52)72(55-32-22-46(45-67)23-33-55)59-39-41-65-61(43-59)60-42-58(71(53-18-10-4-11-19-53)54-20-12-5-13-21-54)38-40-64(60)73(65)57-34-28-48(29-35-57)47-24-26-50(27-25-47)63-44-62(49-14-6-2-7-15-49)69-66(70-63)51-16-8-3-9-17-51/h2-44H. The summed E-state index contributed by atoms with van der Waals surface area (Å²) in [4.78, 5) is 18.2. The first-order chi connectivity index (χ1) is 36.1. The molecule has 2 heterocycles. The van der Waals surface area contributed by atoms with Crippen molar-refractivity contribution in [2.24, 2.45) is 0 Å². The van der Waals surface area contributed by atoms with Crippen LogP contribution in [0.25, 0.3) is 77.4 Å². The van der Waals surface area contributed by atoms with E-state index in [1.807, 2.05) is 109 Å². The molecule has 0 saturated carbocycles. The van der Waals surface area contributed by atoms with Gasteiger partial charge in [-0.3, -0.25) is 0 Å². The molecule has 73 heavy (non-hydrogen) atoms. The van der Waals surface area contributed by atoms with Crippen LogP contribution in [-0.4, -0.2) is 14.5 Å². The van der Waals surface area contributed by atoms with Gasteiger partial charge in [-0.1, -0.05) is 146 Å². The molecule has 0 fully saturated rings. The van der Waals surface area contributed by atoms with Crippen LogP contribution in [0.1, 0.15) is 5.56 Å². The topological polar surface area (TPSA) is 65.3 Å². The van der Waals surface area contributed by atoms with Crippen molar-refractivity contribution >= 4 is 61.6 Å². The monoisotopic (exact) mass is 933 g/mol. The fourth-order valence-corrected chi connectivity index (χ4v) is 9.67. The second-order valence-electron chi connectivity index (χ2n) is 17.7. The van der Waals surface area contributed by atoms with E-state index in [0.29, 0.717) is 17.1 Å². The molecule has 0 unspecified atom stereocenters. The molecule has 0 amide bonds. The fraction of sp³-hybridized carbons (Fsp3) is 0. The average Bonchev–Trinajstić information content (AvgIpc) is 3.79. The van der Waals surface area contributed by atoms with E-state index in [2.05, 4.69) is 177 Å². The molecular weight excluding hydrogens is 891 g/mol. The van der Waals surface area contributed by atoms with E-state index in [9.17, 15) is 5.26 Å². The highest BCUT2D eigenvalue weighted by Gasteiger charge is 2.21. The summed E-state index contributed by atoms with van der Waals surface area (Å²) in [7, 11) is 0. The van der Waals surface area contributed by atoms with Crippen LogP contribution < -0.4 is 9.80 Å². The Morgan fingerprint density at radius 3 is 1.26 bits per heavy atom. The Morgan fingerprint density at radius 1 is 0.384 bits per heavy atom. The van der Waals surface area contributed by atoms with Crippen LogP contribution in [0.3, 0.4) is 0 Å². The third-order valence-electron chi connectivity index (χ3n) is 13.2. The second-order valence-corrected chi connectivity index (χ2v) is 17.7. The van der Waals surface area contributed by atoms with E-state index in [0.717, 1.165) is 101 Å². The minimum absolute atomic E-state index is 0.566. The van der Waals surface area contributed by atoms with Crippen LogP contribution in [0.2, 0.25) is 0 Å². The Morgan fingerprint density at radius 2 is 0.781 bits per heavy atom. The minimum Gasteiger partial charge on any atom is -0.311 e. The van der Waals surface area contributed by atoms with Gasteiger partial charge in [-0.05, 0) is 126 Å². The maximum Gasteiger partial charge on any atom is 0.187 e. The van der Waals surface area contributed by atoms with Gasteiger partial charge in [0.15, 0.2) is 11.5 Å². The van der Waals surface area contributed by atoms with Crippen molar-refractivity contribution < 1.29 is 0 Å². The molecule has 12 aromatic rings. The zero-order valence-corrected chi connectivity index (χ0v) is 39.5. The molecule has 7 nitrogen and oxygen atoms in total. The van der Waals surface area contributed by atoms with Crippen molar-refractivity contribution in [3.05, 3.63) is 278 Å². The van der Waals surface area contributed by atoms with Gasteiger partial charge in [-0.25, -0.2) is 14.8 Å². The predicted molar refractivity (Wildman–Crippen MR) is 298 cm³/mol. The predicted octanol–water partition coefficient (Wildman–Crippen LogP) is 17.6. The lowest BCUT2D eigenvalue weighted by Gasteiger charge is -2.26. The Bertz CT molecular complexity index is 3840. The summed E-state index contributed by atoms with van der Waals surface area (Å²) in [6, 6.07) is 91.7. The van der Waals surface area contributed by atoms with E-state index < -0.39 is 0 Å². The molecule has 0 aliphatic rings. The quantitative estimate of drug-likeness (QED) is 0.121. The van der Waals surface area contributed by atoms with Gasteiger partial charge in [0, 0.05) is 67.3 Å². The number of anilines is 6. The molecule has 12 rings (SSSR count). The smallest absolute Gasteiger partial charge is 0.187 e. The number of benzene rings is 10. The maximum atomic E-state index is 9.68. The first-order valence-corrected chi connectivity index (χ1v) is 24.1. The number of nitriles is 1. The van der Waals surface area contributed by atoms with E-state index >= 15 is 0 Å². The molecule has 0 saturated heterocycles. The van der Waals surface area contributed by atoms with Gasteiger partial charge in [0.1, 0.15) is 0 Å². The summed E-state index contributed by atoms with van der Waals surface area (Å²) in [5, 5.41) is 11.8. The molecule has 0 aliphatic carbocycles. The number of rotatable bonds is 11. The lowest BCUT2D eigenvalue weighted by Crippen LogP contribution is -2.10. The summed E-state index contributed by atoms with van der Waals surface area (Å²) in [6.07, 6.45) is 0. The zero-order chi connectivity index (χ0) is 49.1. The Kier molecular flexibility index (Phi) is 11.6. The third kappa shape index (κ3) is 8.61. The van der Waals surface area contributed by atoms with Crippen molar-refractivity contribution in [3.8, 4) is 56.8 Å². The molecule has 10 aromatic carbocycles. The van der Waals surface area contributed by atoms with Crippen LogP contribution in [-0.2, 0) is 0 Å². The third-order valence-corrected chi connectivity index (χ3v) is 13.2. The minimum atomic E-state index is 0.566. The molecule has 0 N–H and O–H groups in total. The fourth-order valence-electron chi connectivity index (χ4n) is 9.67. The number of aromatic nitrogens is 3. The molecule has 0 bridgehead atoms. The molecule has 0 atom stereocenters. The molecule has 7 heteroatoms. The molecule has 0 radical (unpaired) electrons. The number of fused-ring (bicyclic) bond motifs is 3. The van der Waals surface area contributed by atoms with Gasteiger partial charge in [0.25, 0.3) is 0 Å². The number of hydrogen-bond donors (Lipinski definition) is 0. The Labute approximate surface area is 423 Å². The average molecular weight is 934 g/mol. The van der Waals surface area contributed by atoms with Gasteiger partial charge in [0.05, 0.1) is 40.6 Å². The number of nitrogens with zero attached hydrogens (tertiary/aromatic N) is 7. The summed E-state index contributed by atoms with van der Waals surface area (Å²) < 4.78 is 2.35. The zero-order valence-electron chi connectivity index (χ0n) is 39.5. The molecule has 0 spiro atoms. The van der Waals surface area contributed by atoms with Gasteiger partial charge in [0.2, 0.25) is 0 Å². The highest BCUT2D eigenvalue weighted by molar-refractivity contribution is 6.12. The first-order valence-electron chi connectivity index (χ1n) is 24.1. The van der Waals surface area contributed by atoms with Crippen LogP contribution in [0, 0.1) is 17.9 Å². The van der Waals surface area contributed by atoms with Crippen LogP contribution in [0.5, 0.6) is 0 Å². The van der Waals surface area contributed by atoms with Gasteiger partial charge < -0.3 is 14.4 Å². The highest BCUT2D eigenvalue weighted by atomic mass is 15.1. The Balaban J connectivity index is 0.963. The number of hydrogen-bond acceptors (Lipinski definition) is 5. The lowest BCUT2D eigenvalue weighted by atomic mass is 10.0. The lowest BCUT2D eigenvalue weighted by molar-refractivity contribution is 1.18. The number of para-hydroxylation sites is 2. The van der Waals surface area contributed by atoms with Crippen LogP contribution >= 0.6 is 0 Å². The van der Waals surface area contributed by atoms with E-state index in [-0.39, 0.29) is 0 Å². The van der Waals surface area contributed by atoms with Crippen LogP contribution in [0.15, 0.2) is 261 Å². The van der Waals surface area contributed by atoms with E-state index in [4.69, 9.17) is 16.5 Å². The van der Waals surface area contributed by atoms with Gasteiger partial charge in [-0.15, -0.1) is 0 Å². The van der Waals surface area contributed by atoms with Crippen LogP contribution in [0.4, 0.5) is 39.8 Å². The van der Waals surface area contributed by atoms with Crippen molar-refractivity contribution in [3.63, 3.8) is 0 Å². The molecular formula is C66H43N7. The van der Waals surface area contributed by atoms with Gasteiger partial charge in [-0.2, -0.15) is 5.26 Å². The SMILES string of the molecule is [C-]#[N+]c1ccc(N(c2ccc(C#N)cc2)c2ccc3c(c2)c2cc(N(c4ccccc4)c4ccccc4)ccc2n3-c2ccc(-c3ccc(-c4cc(-c5ccccc5)nc(-c5ccccc5)n4)cc3)cc2)cc1. The van der Waals surface area contributed by atoms with Crippen molar-refractivity contribution in [1.82, 2.24) is 14.5 Å². The second kappa shape index (κ2) is 19.2. The van der Waals surface area contributed by atoms with E-state index in [1.54, 1.807) is 0 Å². The molecule has 342 valence electrons. The molecule has 0 aliphatic heterocycles. The summed E-state index contributed by atoms with van der Waals surface area (Å²) >= 11 is 0. The normalized spacial score (nSPS) is 11.0. The van der Waals surface area contributed by atoms with Gasteiger partial charge >= 0.3 is 0 Å². The van der Waals surface area contributed by atoms with Crippen molar-refractivity contribution in [1.29, 1.82) is 5.26 Å². The van der Waals surface area contributed by atoms with E-state index in [1.165, 1.54) is 0 Å².